The molecule has 0 radical (unpaired) electrons. The van der Waals surface area contributed by atoms with E-state index >= 15 is 0 Å². The number of hydrogen-bond acceptors (Lipinski definition) is 5. The normalized spacial score (nSPS) is 16.1. The van der Waals surface area contributed by atoms with Gasteiger partial charge in [-0.3, -0.25) is 9.36 Å². The Morgan fingerprint density at radius 1 is 1.21 bits per heavy atom. The van der Waals surface area contributed by atoms with Gasteiger partial charge in [0.15, 0.2) is 11.0 Å². The fraction of sp³-hybridized carbons (Fsp3) is 0.346. The van der Waals surface area contributed by atoms with Gasteiger partial charge >= 0.3 is 5.97 Å². The van der Waals surface area contributed by atoms with Crippen LogP contribution in [0, 0.1) is 11.2 Å². The van der Waals surface area contributed by atoms with Gasteiger partial charge in [0.1, 0.15) is 18.5 Å². The molecule has 6 nitrogen and oxygen atoms in total. The fourth-order valence-electron chi connectivity index (χ4n) is 4.24. The highest BCUT2D eigenvalue weighted by atomic mass is 35.5. The maximum absolute atomic E-state index is 13.5. The number of nitrogens with one attached hydrogen (secondary N) is 1. The van der Waals surface area contributed by atoms with Crippen molar-refractivity contribution in [3.05, 3.63) is 92.7 Å². The predicted octanol–water partition coefficient (Wildman–Crippen LogP) is 5.47. The van der Waals surface area contributed by atoms with Crippen molar-refractivity contribution in [2.75, 3.05) is 5.32 Å². The van der Waals surface area contributed by atoms with Gasteiger partial charge in [-0.15, -0.1) is 0 Å². The van der Waals surface area contributed by atoms with Crippen molar-refractivity contribution in [1.82, 2.24) is 9.55 Å². The molecule has 0 amide bonds. The summed E-state index contributed by atoms with van der Waals surface area (Å²) in [5, 5.41) is 3.38. The molecule has 8 heteroatoms. The molecule has 0 saturated heterocycles. The topological polar surface area (TPSA) is 73.2 Å². The number of carbonyl (C=O) groups excluding carboxylic acids is 1. The summed E-state index contributed by atoms with van der Waals surface area (Å²) in [5.74, 6) is -0.781. The van der Waals surface area contributed by atoms with Crippen LogP contribution in [0.15, 0.2) is 59.4 Å². The third-order valence-electron chi connectivity index (χ3n) is 5.97. The summed E-state index contributed by atoms with van der Waals surface area (Å²) in [6.45, 7) is 6.14. The Labute approximate surface area is 202 Å². The van der Waals surface area contributed by atoms with Crippen LogP contribution < -0.4 is 10.9 Å². The van der Waals surface area contributed by atoms with Crippen LogP contribution in [0.1, 0.15) is 56.1 Å². The lowest BCUT2D eigenvalue weighted by Crippen LogP contribution is -2.34. The number of nitrogens with zero attached hydrogens (tertiary/aromatic N) is 2. The van der Waals surface area contributed by atoms with Crippen LogP contribution in [0.5, 0.6) is 0 Å². The summed E-state index contributed by atoms with van der Waals surface area (Å²) in [4.78, 5) is 30.7. The Bertz CT molecular complexity index is 1240. The van der Waals surface area contributed by atoms with Gasteiger partial charge < -0.3 is 10.1 Å². The molecular weight excluding hydrogens is 457 g/mol. The Kier molecular flexibility index (Phi) is 6.75. The third kappa shape index (κ3) is 4.99. The zero-order valence-electron chi connectivity index (χ0n) is 19.3. The van der Waals surface area contributed by atoms with Gasteiger partial charge in [0.05, 0.1) is 11.7 Å². The van der Waals surface area contributed by atoms with Crippen LogP contribution >= 0.6 is 11.6 Å². The number of esters is 1. The molecular formula is C26H27ClFN3O3. The molecule has 1 aliphatic heterocycles. The fourth-order valence-corrected chi connectivity index (χ4v) is 4.51. The van der Waals surface area contributed by atoms with E-state index in [-0.39, 0.29) is 34.9 Å². The predicted molar refractivity (Wildman–Crippen MR) is 129 cm³/mol. The lowest BCUT2D eigenvalue weighted by atomic mass is 9.82. The van der Waals surface area contributed by atoms with E-state index in [0.717, 1.165) is 11.1 Å². The van der Waals surface area contributed by atoms with Crippen molar-refractivity contribution in [2.45, 2.75) is 52.3 Å². The molecule has 0 fully saturated rings. The monoisotopic (exact) mass is 483 g/mol. The maximum Gasteiger partial charge on any atom is 0.329 e. The van der Waals surface area contributed by atoms with Crippen LogP contribution in [-0.2, 0) is 22.6 Å². The molecule has 2 atom stereocenters. The number of fused-ring (bicyclic) bond motifs is 1. The first-order chi connectivity index (χ1) is 16.1. The van der Waals surface area contributed by atoms with Gasteiger partial charge in [-0.2, -0.15) is 0 Å². The lowest BCUT2D eigenvalue weighted by Gasteiger charge is -2.32. The third-order valence-corrected chi connectivity index (χ3v) is 6.28. The molecule has 0 saturated carbocycles. The van der Waals surface area contributed by atoms with E-state index in [0.29, 0.717) is 18.5 Å². The Hall–Kier alpha value is -3.19. The van der Waals surface area contributed by atoms with Gasteiger partial charge in [-0.1, -0.05) is 74.8 Å². The number of hydrogen-bond donors (Lipinski definition) is 1. The molecule has 1 N–H and O–H groups in total. The summed E-state index contributed by atoms with van der Waals surface area (Å²) >= 11 is 6.44. The van der Waals surface area contributed by atoms with Crippen molar-refractivity contribution >= 4 is 23.4 Å². The standard InChI is InChI=1S/C26H27ClFN3O3/c1-26(2,3)21(17-9-11-18(28)12-10-17)29-23-24(32)31-19(22(27)30-23)13-14-20(31)25(33)34-15-16-7-5-4-6-8-16/h4-12,20-21H,13-15H2,1-3H3,(H,29,30). The molecule has 0 spiro atoms. The Morgan fingerprint density at radius 2 is 1.88 bits per heavy atom. The molecule has 1 aliphatic rings. The molecule has 2 aromatic carbocycles. The van der Waals surface area contributed by atoms with Gasteiger partial charge in [0, 0.05) is 0 Å². The Morgan fingerprint density at radius 3 is 2.53 bits per heavy atom. The van der Waals surface area contributed by atoms with Crippen LogP contribution in [0.3, 0.4) is 0 Å². The quantitative estimate of drug-likeness (QED) is 0.471. The lowest BCUT2D eigenvalue weighted by molar-refractivity contribution is -0.148. The first kappa shape index (κ1) is 24.0. The number of ether oxygens (including phenoxy) is 1. The molecule has 178 valence electrons. The van der Waals surface area contributed by atoms with Crippen molar-refractivity contribution < 1.29 is 13.9 Å². The minimum Gasteiger partial charge on any atom is -0.459 e. The number of halogens is 2. The second-order valence-electron chi connectivity index (χ2n) is 9.52. The molecule has 2 unspecified atom stereocenters. The van der Waals surface area contributed by atoms with E-state index in [4.69, 9.17) is 16.3 Å². The van der Waals surface area contributed by atoms with Crippen LogP contribution in [0.25, 0.3) is 0 Å². The summed E-state index contributed by atoms with van der Waals surface area (Å²) in [6.07, 6.45) is 0.863. The molecule has 3 aromatic rings. The first-order valence-electron chi connectivity index (χ1n) is 11.2. The van der Waals surface area contributed by atoms with Crippen molar-refractivity contribution in [3.8, 4) is 0 Å². The van der Waals surface area contributed by atoms with E-state index in [2.05, 4.69) is 10.3 Å². The van der Waals surface area contributed by atoms with E-state index < -0.39 is 17.6 Å². The van der Waals surface area contributed by atoms with Gasteiger partial charge in [-0.05, 0) is 41.5 Å². The van der Waals surface area contributed by atoms with Gasteiger partial charge in [-0.25, -0.2) is 14.2 Å². The largest absolute Gasteiger partial charge is 0.459 e. The number of benzene rings is 2. The minimum atomic E-state index is -0.772. The van der Waals surface area contributed by atoms with E-state index in [1.165, 1.54) is 16.7 Å². The average molecular weight is 484 g/mol. The van der Waals surface area contributed by atoms with Crippen LogP contribution in [-0.4, -0.2) is 15.5 Å². The average Bonchev–Trinajstić information content (AvgIpc) is 3.26. The van der Waals surface area contributed by atoms with Gasteiger partial charge in [0.2, 0.25) is 0 Å². The molecule has 34 heavy (non-hydrogen) atoms. The van der Waals surface area contributed by atoms with Crippen molar-refractivity contribution in [3.63, 3.8) is 0 Å². The SMILES string of the molecule is CC(C)(C)C(Nc1nc(Cl)c2n(c1=O)C(C(=O)OCc1ccccc1)CC2)c1ccc(F)cc1. The number of anilines is 1. The second kappa shape index (κ2) is 9.58. The van der Waals surface area contributed by atoms with E-state index in [1.54, 1.807) is 12.1 Å². The smallest absolute Gasteiger partial charge is 0.329 e. The minimum absolute atomic E-state index is 0.0424. The van der Waals surface area contributed by atoms with Crippen LogP contribution in [0.4, 0.5) is 10.2 Å². The summed E-state index contributed by atoms with van der Waals surface area (Å²) in [7, 11) is 0. The highest BCUT2D eigenvalue weighted by Gasteiger charge is 2.35. The summed E-state index contributed by atoms with van der Waals surface area (Å²) in [6, 6.07) is 14.3. The Balaban J connectivity index is 1.63. The second-order valence-corrected chi connectivity index (χ2v) is 9.87. The van der Waals surface area contributed by atoms with Gasteiger partial charge in [0.25, 0.3) is 5.56 Å². The van der Waals surface area contributed by atoms with Crippen LogP contribution in [0.2, 0.25) is 5.15 Å². The highest BCUT2D eigenvalue weighted by molar-refractivity contribution is 6.30. The first-order valence-corrected chi connectivity index (χ1v) is 11.6. The molecule has 2 heterocycles. The van der Waals surface area contributed by atoms with E-state index in [9.17, 15) is 14.0 Å². The van der Waals surface area contributed by atoms with Crippen molar-refractivity contribution in [1.29, 1.82) is 0 Å². The summed E-state index contributed by atoms with van der Waals surface area (Å²) in [5.41, 5.74) is 1.41. The molecule has 4 rings (SSSR count). The summed E-state index contributed by atoms with van der Waals surface area (Å²) < 4.78 is 20.4. The highest BCUT2D eigenvalue weighted by Crippen LogP contribution is 2.36. The number of aromatic nitrogens is 2. The molecule has 0 aliphatic carbocycles. The zero-order valence-corrected chi connectivity index (χ0v) is 20.1. The number of carbonyl (C=O) groups is 1. The maximum atomic E-state index is 13.5. The molecule has 1 aromatic heterocycles. The van der Waals surface area contributed by atoms with Crippen molar-refractivity contribution in [2.24, 2.45) is 5.41 Å². The zero-order chi connectivity index (χ0) is 24.5. The number of rotatable bonds is 6. The van der Waals surface area contributed by atoms with E-state index in [1.807, 2.05) is 51.1 Å². The molecule has 0 bridgehead atoms.